The van der Waals surface area contributed by atoms with Crippen LogP contribution in [0.2, 0.25) is 0 Å². The summed E-state index contributed by atoms with van der Waals surface area (Å²) in [6.07, 6.45) is 2.44. The first kappa shape index (κ1) is 9.22. The van der Waals surface area contributed by atoms with Gasteiger partial charge in [-0.15, -0.1) is 0 Å². The maximum Gasteiger partial charge on any atom is 0.122 e. The van der Waals surface area contributed by atoms with Crippen LogP contribution in [-0.4, -0.2) is 20.2 Å². The predicted molar refractivity (Wildman–Crippen MR) is 60.4 cm³/mol. The lowest BCUT2D eigenvalue weighted by atomic mass is 10.0. The number of hydrogen-bond acceptors (Lipinski definition) is 2. The molecule has 1 aliphatic heterocycles. The van der Waals surface area contributed by atoms with Crippen molar-refractivity contribution in [2.75, 3.05) is 20.2 Å². The predicted octanol–water partition coefficient (Wildman–Crippen LogP) is 1.94. The summed E-state index contributed by atoms with van der Waals surface area (Å²) in [5, 5.41) is 3.26. The Balaban J connectivity index is 1.77. The molecule has 2 heteroatoms. The minimum absolute atomic E-state index is 0.795. The number of rotatable bonds is 3. The highest BCUT2D eigenvalue weighted by molar-refractivity contribution is 5.42. The van der Waals surface area contributed by atoms with Gasteiger partial charge in [-0.05, 0) is 49.0 Å². The summed E-state index contributed by atoms with van der Waals surface area (Å²) in [7, 11) is 2.03. The molecule has 0 aromatic heterocycles. The summed E-state index contributed by atoms with van der Waals surface area (Å²) < 4.78 is 5.52. The van der Waals surface area contributed by atoms with Crippen LogP contribution in [0.25, 0.3) is 0 Å². The van der Waals surface area contributed by atoms with Gasteiger partial charge in [0.2, 0.25) is 0 Å². The molecule has 1 N–H and O–H groups in total. The van der Waals surface area contributed by atoms with E-state index in [1.165, 1.54) is 17.5 Å². The SMILES string of the molecule is CNC[C@H]1C[C@H]1c1ccc2c(c1)CCO2. The van der Waals surface area contributed by atoms with Crippen LogP contribution in [0.3, 0.4) is 0 Å². The van der Waals surface area contributed by atoms with E-state index in [4.69, 9.17) is 4.74 Å². The second-order valence-corrected chi connectivity index (χ2v) is 4.63. The van der Waals surface area contributed by atoms with E-state index in [9.17, 15) is 0 Å². The molecule has 0 amide bonds. The zero-order valence-electron chi connectivity index (χ0n) is 9.12. The molecule has 1 fully saturated rings. The Morgan fingerprint density at radius 3 is 3.27 bits per heavy atom. The molecule has 1 aromatic carbocycles. The zero-order chi connectivity index (χ0) is 10.3. The number of benzene rings is 1. The van der Waals surface area contributed by atoms with Crippen molar-refractivity contribution in [2.24, 2.45) is 5.92 Å². The van der Waals surface area contributed by atoms with E-state index >= 15 is 0 Å². The molecule has 1 aliphatic carbocycles. The monoisotopic (exact) mass is 203 g/mol. The highest BCUT2D eigenvalue weighted by atomic mass is 16.5. The van der Waals surface area contributed by atoms with Gasteiger partial charge in [-0.25, -0.2) is 0 Å². The van der Waals surface area contributed by atoms with Gasteiger partial charge >= 0.3 is 0 Å². The van der Waals surface area contributed by atoms with Gasteiger partial charge in [0.15, 0.2) is 0 Å². The molecular formula is C13H17NO. The Labute approximate surface area is 90.6 Å². The van der Waals surface area contributed by atoms with Crippen LogP contribution in [0.4, 0.5) is 0 Å². The zero-order valence-corrected chi connectivity index (χ0v) is 9.12. The number of fused-ring (bicyclic) bond motifs is 1. The van der Waals surface area contributed by atoms with Crippen LogP contribution < -0.4 is 10.1 Å². The summed E-state index contributed by atoms with van der Waals surface area (Å²) in [4.78, 5) is 0. The molecule has 1 saturated carbocycles. The van der Waals surface area contributed by atoms with E-state index in [0.717, 1.165) is 37.2 Å². The van der Waals surface area contributed by atoms with Crippen molar-refractivity contribution in [1.82, 2.24) is 5.32 Å². The van der Waals surface area contributed by atoms with Crippen LogP contribution in [0.5, 0.6) is 5.75 Å². The third kappa shape index (κ3) is 1.63. The lowest BCUT2D eigenvalue weighted by Gasteiger charge is -2.03. The summed E-state index contributed by atoms with van der Waals surface area (Å²) >= 11 is 0. The van der Waals surface area contributed by atoms with Gasteiger partial charge in [-0.2, -0.15) is 0 Å². The summed E-state index contributed by atoms with van der Waals surface area (Å²) in [5.41, 5.74) is 2.92. The molecule has 0 unspecified atom stereocenters. The van der Waals surface area contributed by atoms with Gasteiger partial charge in [0, 0.05) is 6.42 Å². The average molecular weight is 203 g/mol. The minimum Gasteiger partial charge on any atom is -0.493 e. The highest BCUT2D eigenvalue weighted by Gasteiger charge is 2.37. The van der Waals surface area contributed by atoms with Crippen molar-refractivity contribution in [3.05, 3.63) is 29.3 Å². The lowest BCUT2D eigenvalue weighted by molar-refractivity contribution is 0.357. The van der Waals surface area contributed by atoms with Crippen LogP contribution in [-0.2, 0) is 6.42 Å². The van der Waals surface area contributed by atoms with Crippen molar-refractivity contribution in [1.29, 1.82) is 0 Å². The number of ether oxygens (including phenoxy) is 1. The van der Waals surface area contributed by atoms with E-state index < -0.39 is 0 Å². The third-order valence-corrected chi connectivity index (χ3v) is 3.53. The van der Waals surface area contributed by atoms with E-state index in [-0.39, 0.29) is 0 Å². The summed E-state index contributed by atoms with van der Waals surface area (Å²) in [6, 6.07) is 6.74. The first-order valence-electron chi connectivity index (χ1n) is 5.78. The van der Waals surface area contributed by atoms with Gasteiger partial charge in [-0.3, -0.25) is 0 Å². The van der Waals surface area contributed by atoms with Crippen molar-refractivity contribution in [2.45, 2.75) is 18.8 Å². The molecule has 0 spiro atoms. The smallest absolute Gasteiger partial charge is 0.122 e. The highest BCUT2D eigenvalue weighted by Crippen LogP contribution is 2.47. The van der Waals surface area contributed by atoms with Crippen molar-refractivity contribution in [3.8, 4) is 5.75 Å². The Bertz CT molecular complexity index is 375. The molecule has 0 bridgehead atoms. The van der Waals surface area contributed by atoms with E-state index in [0.29, 0.717) is 0 Å². The molecule has 1 aromatic rings. The largest absolute Gasteiger partial charge is 0.493 e. The summed E-state index contributed by atoms with van der Waals surface area (Å²) in [6.45, 7) is 2.02. The van der Waals surface area contributed by atoms with Crippen molar-refractivity contribution >= 4 is 0 Å². The van der Waals surface area contributed by atoms with Gasteiger partial charge in [-0.1, -0.05) is 12.1 Å². The van der Waals surface area contributed by atoms with Crippen LogP contribution >= 0.6 is 0 Å². The fourth-order valence-corrected chi connectivity index (χ4v) is 2.58. The maximum atomic E-state index is 5.52. The third-order valence-electron chi connectivity index (χ3n) is 3.53. The first-order valence-corrected chi connectivity index (χ1v) is 5.78. The second-order valence-electron chi connectivity index (χ2n) is 4.63. The standard InChI is InChI=1S/C13H17NO/c1-14-8-11-7-12(11)9-2-3-13-10(6-9)4-5-15-13/h2-3,6,11-12,14H,4-5,7-8H2,1H3/t11-,12+/m1/s1. The van der Waals surface area contributed by atoms with E-state index in [1.54, 1.807) is 0 Å². The molecule has 2 aliphatic rings. The normalized spacial score (nSPS) is 27.3. The fourth-order valence-electron chi connectivity index (χ4n) is 2.58. The number of hydrogen-bond donors (Lipinski definition) is 1. The Morgan fingerprint density at radius 1 is 1.47 bits per heavy atom. The Hall–Kier alpha value is -1.02. The van der Waals surface area contributed by atoms with Crippen LogP contribution in [0.15, 0.2) is 18.2 Å². The molecule has 0 radical (unpaired) electrons. The van der Waals surface area contributed by atoms with Crippen LogP contribution in [0.1, 0.15) is 23.5 Å². The molecule has 0 saturated heterocycles. The topological polar surface area (TPSA) is 21.3 Å². The average Bonchev–Trinajstić information content (AvgIpc) is 2.87. The van der Waals surface area contributed by atoms with Gasteiger partial charge < -0.3 is 10.1 Å². The van der Waals surface area contributed by atoms with Crippen LogP contribution in [0, 0.1) is 5.92 Å². The molecule has 80 valence electrons. The number of nitrogens with one attached hydrogen (secondary N) is 1. The van der Waals surface area contributed by atoms with E-state index in [2.05, 4.69) is 23.5 Å². The second kappa shape index (κ2) is 3.53. The molecule has 1 heterocycles. The molecule has 2 nitrogen and oxygen atoms in total. The molecule has 2 atom stereocenters. The Morgan fingerprint density at radius 2 is 2.40 bits per heavy atom. The molecular weight excluding hydrogens is 186 g/mol. The minimum atomic E-state index is 0.795. The lowest BCUT2D eigenvalue weighted by Crippen LogP contribution is -2.10. The molecule has 3 rings (SSSR count). The maximum absolute atomic E-state index is 5.52. The fraction of sp³-hybridized carbons (Fsp3) is 0.538. The first-order chi connectivity index (χ1) is 7.38. The Kier molecular flexibility index (Phi) is 2.17. The van der Waals surface area contributed by atoms with E-state index in [1.807, 2.05) is 7.05 Å². The van der Waals surface area contributed by atoms with Crippen molar-refractivity contribution in [3.63, 3.8) is 0 Å². The quantitative estimate of drug-likeness (QED) is 0.810. The van der Waals surface area contributed by atoms with Gasteiger partial charge in [0.05, 0.1) is 6.61 Å². The summed E-state index contributed by atoms with van der Waals surface area (Å²) in [5.74, 6) is 2.75. The van der Waals surface area contributed by atoms with Gasteiger partial charge in [0.25, 0.3) is 0 Å². The van der Waals surface area contributed by atoms with Crippen molar-refractivity contribution < 1.29 is 4.74 Å². The molecule has 15 heavy (non-hydrogen) atoms. The van der Waals surface area contributed by atoms with Gasteiger partial charge in [0.1, 0.15) is 5.75 Å².